The van der Waals surface area contributed by atoms with Crippen LogP contribution in [0, 0.1) is 17.6 Å². The molecule has 0 aliphatic heterocycles. The molecule has 0 fully saturated rings. The molecule has 2 atom stereocenters. The number of ether oxygens (including phenoxy) is 1. The highest BCUT2D eigenvalue weighted by molar-refractivity contribution is 5.98. The maximum absolute atomic E-state index is 13.8. The normalized spacial score (nSPS) is 12.8. The number of hydrogen-bond acceptors (Lipinski definition) is 4. The van der Waals surface area contributed by atoms with Crippen LogP contribution < -0.4 is 10.6 Å². The Kier molecular flexibility index (Phi) is 7.41. The van der Waals surface area contributed by atoms with Crippen LogP contribution in [0.1, 0.15) is 31.1 Å². The van der Waals surface area contributed by atoms with Gasteiger partial charge >= 0.3 is 5.97 Å². The predicted molar refractivity (Wildman–Crippen MR) is 103 cm³/mol. The Morgan fingerprint density at radius 2 is 1.55 bits per heavy atom. The maximum Gasteiger partial charge on any atom is 0.329 e. The molecule has 6 nitrogen and oxygen atoms in total. The van der Waals surface area contributed by atoms with Gasteiger partial charge in [0.05, 0.1) is 5.56 Å². The summed E-state index contributed by atoms with van der Waals surface area (Å²) in [5.74, 6) is -3.74. The van der Waals surface area contributed by atoms with E-state index in [0.717, 1.165) is 6.07 Å². The zero-order chi connectivity index (χ0) is 21.6. The van der Waals surface area contributed by atoms with Crippen LogP contribution in [0.3, 0.4) is 0 Å². The van der Waals surface area contributed by atoms with Crippen LogP contribution in [-0.4, -0.2) is 29.9 Å². The Morgan fingerprint density at radius 3 is 2.14 bits per heavy atom. The van der Waals surface area contributed by atoms with Gasteiger partial charge in [-0.15, -0.1) is 0 Å². The summed E-state index contributed by atoms with van der Waals surface area (Å²) in [6.07, 6.45) is -1.17. The summed E-state index contributed by atoms with van der Waals surface area (Å²) in [5, 5.41) is 4.94. The third-order valence-corrected chi connectivity index (χ3v) is 4.10. The fourth-order valence-electron chi connectivity index (χ4n) is 2.44. The first kappa shape index (κ1) is 22.0. The summed E-state index contributed by atoms with van der Waals surface area (Å²) in [6, 6.07) is 9.40. The molecule has 0 aromatic heterocycles. The molecule has 2 N–H and O–H groups in total. The molecule has 0 aliphatic rings. The molecular formula is C21H22F2N2O4. The molecule has 0 bridgehead atoms. The fraction of sp³-hybridized carbons (Fsp3) is 0.286. The second kappa shape index (κ2) is 9.77. The molecular weight excluding hydrogens is 382 g/mol. The minimum Gasteiger partial charge on any atom is -0.451 e. The monoisotopic (exact) mass is 404 g/mol. The molecule has 0 saturated heterocycles. The molecule has 154 valence electrons. The van der Waals surface area contributed by atoms with Crippen molar-refractivity contribution in [3.63, 3.8) is 0 Å². The van der Waals surface area contributed by atoms with E-state index in [9.17, 15) is 23.2 Å². The molecule has 2 rings (SSSR count). The SMILES string of the molecule is CC(C)[C@H](NC(=O)c1ccccc1F)C(=O)O[C@@H](C)C(=O)Nc1ccc(F)cc1. The highest BCUT2D eigenvalue weighted by atomic mass is 19.1. The minimum atomic E-state index is -1.17. The first-order chi connectivity index (χ1) is 13.7. The Hall–Kier alpha value is -3.29. The Balaban J connectivity index is 2.01. The third kappa shape index (κ3) is 6.10. The minimum absolute atomic E-state index is 0.201. The summed E-state index contributed by atoms with van der Waals surface area (Å²) < 4.78 is 31.9. The van der Waals surface area contributed by atoms with Gasteiger partial charge in [0.15, 0.2) is 6.10 Å². The summed E-state index contributed by atoms with van der Waals surface area (Å²) in [6.45, 7) is 4.72. The molecule has 2 amide bonds. The second-order valence-corrected chi connectivity index (χ2v) is 6.75. The third-order valence-electron chi connectivity index (χ3n) is 4.10. The number of carbonyl (C=O) groups excluding carboxylic acids is 3. The standard InChI is InChI=1S/C21H22F2N2O4/c1-12(2)18(25-20(27)16-6-4-5-7-17(16)23)21(28)29-13(3)19(26)24-15-10-8-14(22)9-11-15/h4-13,18H,1-3H3,(H,24,26)(H,25,27)/t13-,18-/m0/s1. The number of rotatable bonds is 7. The zero-order valence-corrected chi connectivity index (χ0v) is 16.2. The van der Waals surface area contributed by atoms with Crippen LogP contribution in [0.4, 0.5) is 14.5 Å². The smallest absolute Gasteiger partial charge is 0.329 e. The number of hydrogen-bond donors (Lipinski definition) is 2. The number of esters is 1. The quantitative estimate of drug-likeness (QED) is 0.694. The largest absolute Gasteiger partial charge is 0.451 e. The van der Waals surface area contributed by atoms with E-state index in [0.29, 0.717) is 5.69 Å². The van der Waals surface area contributed by atoms with Crippen LogP contribution >= 0.6 is 0 Å². The summed E-state index contributed by atoms with van der Waals surface area (Å²) >= 11 is 0. The lowest BCUT2D eigenvalue weighted by atomic mass is 10.0. The van der Waals surface area contributed by atoms with Gasteiger partial charge in [0.2, 0.25) is 0 Å². The van der Waals surface area contributed by atoms with E-state index in [1.165, 1.54) is 49.4 Å². The first-order valence-corrected chi connectivity index (χ1v) is 9.01. The van der Waals surface area contributed by atoms with Gasteiger partial charge in [0.1, 0.15) is 17.7 Å². The first-order valence-electron chi connectivity index (χ1n) is 9.01. The Morgan fingerprint density at radius 1 is 0.931 bits per heavy atom. The molecule has 29 heavy (non-hydrogen) atoms. The van der Waals surface area contributed by atoms with Crippen LogP contribution in [0.15, 0.2) is 48.5 Å². The molecule has 0 heterocycles. The molecule has 0 spiro atoms. The second-order valence-electron chi connectivity index (χ2n) is 6.75. The van der Waals surface area contributed by atoms with E-state index in [-0.39, 0.29) is 11.5 Å². The molecule has 0 unspecified atom stereocenters. The Labute approximate surface area is 167 Å². The van der Waals surface area contributed by atoms with E-state index in [4.69, 9.17) is 4.74 Å². The topological polar surface area (TPSA) is 84.5 Å². The average molecular weight is 404 g/mol. The van der Waals surface area contributed by atoms with E-state index in [1.807, 2.05) is 0 Å². The highest BCUT2D eigenvalue weighted by Gasteiger charge is 2.29. The van der Waals surface area contributed by atoms with Crippen molar-refractivity contribution in [2.45, 2.75) is 32.9 Å². The number of carbonyl (C=O) groups is 3. The number of nitrogens with one attached hydrogen (secondary N) is 2. The average Bonchev–Trinajstić information content (AvgIpc) is 2.67. The lowest BCUT2D eigenvalue weighted by Gasteiger charge is -2.23. The maximum atomic E-state index is 13.8. The molecule has 2 aromatic rings. The van der Waals surface area contributed by atoms with Gasteiger partial charge in [-0.1, -0.05) is 26.0 Å². The van der Waals surface area contributed by atoms with Gasteiger partial charge in [0.25, 0.3) is 11.8 Å². The number of amides is 2. The van der Waals surface area contributed by atoms with Gasteiger partial charge in [-0.25, -0.2) is 13.6 Å². The van der Waals surface area contributed by atoms with Crippen molar-refractivity contribution in [3.8, 4) is 0 Å². The van der Waals surface area contributed by atoms with Crippen LogP contribution in [0.2, 0.25) is 0 Å². The van der Waals surface area contributed by atoms with Crippen molar-refractivity contribution in [1.82, 2.24) is 5.32 Å². The van der Waals surface area contributed by atoms with Gasteiger partial charge in [0, 0.05) is 5.69 Å². The van der Waals surface area contributed by atoms with Gasteiger partial charge in [-0.2, -0.15) is 0 Å². The zero-order valence-electron chi connectivity index (χ0n) is 16.2. The van der Waals surface area contributed by atoms with Crippen molar-refractivity contribution in [1.29, 1.82) is 0 Å². The van der Waals surface area contributed by atoms with Gasteiger partial charge in [-0.3, -0.25) is 9.59 Å². The van der Waals surface area contributed by atoms with Crippen molar-refractivity contribution in [2.75, 3.05) is 5.32 Å². The van der Waals surface area contributed by atoms with Crippen molar-refractivity contribution in [2.24, 2.45) is 5.92 Å². The van der Waals surface area contributed by atoms with Crippen LogP contribution in [-0.2, 0) is 14.3 Å². The van der Waals surface area contributed by atoms with Crippen molar-refractivity contribution in [3.05, 3.63) is 65.7 Å². The van der Waals surface area contributed by atoms with Gasteiger partial charge < -0.3 is 15.4 Å². The van der Waals surface area contributed by atoms with E-state index in [1.54, 1.807) is 13.8 Å². The van der Waals surface area contributed by atoms with Gasteiger partial charge in [-0.05, 0) is 49.2 Å². The number of anilines is 1. The fourth-order valence-corrected chi connectivity index (χ4v) is 2.44. The lowest BCUT2D eigenvalue weighted by molar-refractivity contribution is -0.156. The highest BCUT2D eigenvalue weighted by Crippen LogP contribution is 2.12. The Bertz CT molecular complexity index is 885. The number of halogens is 2. The van der Waals surface area contributed by atoms with Crippen LogP contribution in [0.5, 0.6) is 0 Å². The molecule has 0 saturated carbocycles. The van der Waals surface area contributed by atoms with E-state index >= 15 is 0 Å². The van der Waals surface area contributed by atoms with Crippen molar-refractivity contribution < 1.29 is 27.9 Å². The molecule has 0 radical (unpaired) electrons. The van der Waals surface area contributed by atoms with E-state index in [2.05, 4.69) is 10.6 Å². The van der Waals surface area contributed by atoms with Crippen molar-refractivity contribution >= 4 is 23.5 Å². The molecule has 0 aliphatic carbocycles. The summed E-state index contributed by atoms with van der Waals surface area (Å²) in [7, 11) is 0. The lowest BCUT2D eigenvalue weighted by Crippen LogP contribution is -2.47. The molecule has 8 heteroatoms. The molecule has 2 aromatic carbocycles. The number of benzene rings is 2. The summed E-state index contributed by atoms with van der Waals surface area (Å²) in [5.41, 5.74) is 0.139. The van der Waals surface area contributed by atoms with Crippen LogP contribution in [0.25, 0.3) is 0 Å². The summed E-state index contributed by atoms with van der Waals surface area (Å²) in [4.78, 5) is 37.0. The predicted octanol–water partition coefficient (Wildman–Crippen LogP) is 3.29. The van der Waals surface area contributed by atoms with E-state index < -0.39 is 41.6 Å².